The smallest absolute Gasteiger partial charge is 0.417 e. The zero-order chi connectivity index (χ0) is 30.3. The Morgan fingerprint density at radius 1 is 1.14 bits per heavy atom. The normalized spacial score (nSPS) is 15.4. The van der Waals surface area contributed by atoms with Crippen molar-refractivity contribution >= 4 is 50.1 Å². The van der Waals surface area contributed by atoms with E-state index in [1.54, 1.807) is 4.90 Å². The van der Waals surface area contributed by atoms with Crippen LogP contribution in [0.1, 0.15) is 51.1 Å². The van der Waals surface area contributed by atoms with Crippen molar-refractivity contribution in [3.63, 3.8) is 0 Å². The van der Waals surface area contributed by atoms with Crippen LogP contribution in [0.3, 0.4) is 0 Å². The third-order valence-corrected chi connectivity index (χ3v) is 8.85. The van der Waals surface area contributed by atoms with Crippen molar-refractivity contribution in [3.8, 4) is 0 Å². The molecular formula is C30H29F3N6O3S. The molecule has 224 valence electrons. The van der Waals surface area contributed by atoms with Crippen molar-refractivity contribution in [2.75, 3.05) is 30.3 Å². The van der Waals surface area contributed by atoms with E-state index in [2.05, 4.69) is 20.3 Å². The number of carboxylic acid groups (broad SMARTS) is 1. The van der Waals surface area contributed by atoms with Crippen LogP contribution in [0.2, 0.25) is 0 Å². The van der Waals surface area contributed by atoms with Gasteiger partial charge in [-0.05, 0) is 42.2 Å². The maximum atomic E-state index is 13.9. The summed E-state index contributed by atoms with van der Waals surface area (Å²) in [6, 6.07) is 16.7. The van der Waals surface area contributed by atoms with Crippen molar-refractivity contribution in [1.29, 1.82) is 0 Å². The van der Waals surface area contributed by atoms with Crippen LogP contribution in [0, 0.1) is 0 Å². The molecule has 0 spiro atoms. The van der Waals surface area contributed by atoms with Crippen LogP contribution in [0.5, 0.6) is 0 Å². The van der Waals surface area contributed by atoms with Gasteiger partial charge >= 0.3 is 12.1 Å². The highest BCUT2D eigenvalue weighted by atomic mass is 32.1. The SMILES string of the molecule is Nc1c(C(=O)O)sc2nc(N3CCC(NCC(O)c4ccc5nc(Cc6ccccc6)[nH]c5c4)CC3)cc(C(F)(F)F)c12. The molecule has 4 heterocycles. The van der Waals surface area contributed by atoms with Gasteiger partial charge in [-0.1, -0.05) is 36.4 Å². The zero-order valence-electron chi connectivity index (χ0n) is 22.9. The summed E-state index contributed by atoms with van der Waals surface area (Å²) in [5, 5.41) is 23.2. The van der Waals surface area contributed by atoms with Crippen LogP contribution in [-0.4, -0.2) is 56.8 Å². The van der Waals surface area contributed by atoms with E-state index < -0.39 is 29.5 Å². The number of rotatable bonds is 8. The third-order valence-electron chi connectivity index (χ3n) is 7.76. The molecule has 1 aliphatic rings. The van der Waals surface area contributed by atoms with Crippen LogP contribution < -0.4 is 16.0 Å². The van der Waals surface area contributed by atoms with E-state index in [-0.39, 0.29) is 27.0 Å². The van der Waals surface area contributed by atoms with E-state index in [9.17, 15) is 28.2 Å². The summed E-state index contributed by atoms with van der Waals surface area (Å²) in [7, 11) is 0. The average molecular weight is 611 g/mol. The molecule has 3 aromatic heterocycles. The second kappa shape index (κ2) is 11.5. The molecule has 1 aliphatic heterocycles. The number of carbonyl (C=O) groups is 1. The van der Waals surface area contributed by atoms with Gasteiger partial charge in [0.05, 0.1) is 28.4 Å². The maximum absolute atomic E-state index is 13.9. The predicted octanol–water partition coefficient (Wildman–Crippen LogP) is 5.35. The average Bonchev–Trinajstić information content (AvgIpc) is 3.55. The molecule has 0 radical (unpaired) electrons. The molecule has 6 rings (SSSR count). The number of alkyl halides is 3. The molecule has 6 N–H and O–H groups in total. The van der Waals surface area contributed by atoms with Gasteiger partial charge in [-0.15, -0.1) is 11.3 Å². The van der Waals surface area contributed by atoms with E-state index in [0.29, 0.717) is 50.2 Å². The Balaban J connectivity index is 1.09. The molecule has 9 nitrogen and oxygen atoms in total. The lowest BCUT2D eigenvalue weighted by Crippen LogP contribution is -2.44. The number of aliphatic hydroxyl groups is 1. The van der Waals surface area contributed by atoms with Crippen LogP contribution in [-0.2, 0) is 12.6 Å². The van der Waals surface area contributed by atoms with Gasteiger partial charge in [0.2, 0.25) is 0 Å². The predicted molar refractivity (Wildman–Crippen MR) is 160 cm³/mol. The van der Waals surface area contributed by atoms with E-state index >= 15 is 0 Å². The standard InChI is InChI=1S/C30H29F3N6O3S/c31-30(32,33)19-14-24(38-28-25(19)26(34)27(43-28)29(41)42)39-10-8-18(9-11-39)35-15-22(40)17-6-7-20-21(13-17)37-23(36-20)12-16-4-2-1-3-5-16/h1-7,13-14,18,22,35,40H,8-12,15,34H2,(H,36,37)(H,41,42). The Labute approximate surface area is 248 Å². The number of aliphatic hydroxyl groups excluding tert-OH is 1. The van der Waals surface area contributed by atoms with Gasteiger partial charge in [0.15, 0.2) is 0 Å². The fraction of sp³-hybridized carbons (Fsp3) is 0.300. The number of pyridine rings is 1. The molecule has 1 saturated heterocycles. The Morgan fingerprint density at radius 2 is 1.88 bits per heavy atom. The number of aromatic amines is 1. The number of nitrogens with zero attached hydrogens (tertiary/aromatic N) is 3. The van der Waals surface area contributed by atoms with Crippen molar-refractivity contribution in [3.05, 3.63) is 82.0 Å². The lowest BCUT2D eigenvalue weighted by molar-refractivity contribution is -0.136. The van der Waals surface area contributed by atoms with Crippen LogP contribution >= 0.6 is 11.3 Å². The number of fused-ring (bicyclic) bond motifs is 2. The summed E-state index contributed by atoms with van der Waals surface area (Å²) in [6.07, 6.45) is -3.54. The van der Waals surface area contributed by atoms with E-state index in [1.165, 1.54) is 0 Å². The van der Waals surface area contributed by atoms with E-state index in [0.717, 1.165) is 34.1 Å². The Kier molecular flexibility index (Phi) is 7.71. The number of halogens is 3. The van der Waals surface area contributed by atoms with Crippen LogP contribution in [0.25, 0.3) is 21.3 Å². The number of H-pyrrole nitrogens is 1. The second-order valence-corrected chi connectivity index (χ2v) is 11.7. The quantitative estimate of drug-likeness (QED) is 0.158. The fourth-order valence-corrected chi connectivity index (χ4v) is 6.48. The number of hydrogen-bond acceptors (Lipinski definition) is 8. The summed E-state index contributed by atoms with van der Waals surface area (Å²) in [5.41, 5.74) is 7.95. The number of aromatic nitrogens is 3. The minimum atomic E-state index is -4.72. The highest BCUT2D eigenvalue weighted by Gasteiger charge is 2.37. The number of nitrogen functional groups attached to an aromatic ring is 1. The second-order valence-electron chi connectivity index (χ2n) is 10.7. The lowest BCUT2D eigenvalue weighted by atomic mass is 10.0. The molecule has 1 atom stereocenters. The van der Waals surface area contributed by atoms with Gasteiger partial charge in [0, 0.05) is 37.5 Å². The number of piperidine rings is 1. The number of thiophene rings is 1. The zero-order valence-corrected chi connectivity index (χ0v) is 23.7. The number of nitrogens with two attached hydrogens (primary N) is 1. The van der Waals surface area contributed by atoms with Gasteiger partial charge < -0.3 is 31.1 Å². The summed E-state index contributed by atoms with van der Waals surface area (Å²) in [5.74, 6) is -0.406. The maximum Gasteiger partial charge on any atom is 0.417 e. The van der Waals surface area contributed by atoms with Gasteiger partial charge in [0.1, 0.15) is 21.3 Å². The van der Waals surface area contributed by atoms with Gasteiger partial charge in [0.25, 0.3) is 0 Å². The highest BCUT2D eigenvalue weighted by Crippen LogP contribution is 2.43. The van der Waals surface area contributed by atoms with E-state index in [4.69, 9.17) is 5.73 Å². The molecule has 43 heavy (non-hydrogen) atoms. The Hall–Kier alpha value is -4.20. The van der Waals surface area contributed by atoms with Crippen molar-refractivity contribution < 1.29 is 28.2 Å². The van der Waals surface area contributed by atoms with Crippen LogP contribution in [0.15, 0.2) is 54.6 Å². The monoisotopic (exact) mass is 610 g/mol. The minimum Gasteiger partial charge on any atom is -0.477 e. The molecule has 0 bridgehead atoms. The first-order chi connectivity index (χ1) is 20.6. The first-order valence-corrected chi connectivity index (χ1v) is 14.6. The first kappa shape index (κ1) is 28.9. The fourth-order valence-electron chi connectivity index (χ4n) is 5.52. The molecule has 0 amide bonds. The highest BCUT2D eigenvalue weighted by molar-refractivity contribution is 7.21. The third kappa shape index (κ3) is 6.01. The van der Waals surface area contributed by atoms with Crippen molar-refractivity contribution in [2.45, 2.75) is 37.6 Å². The number of anilines is 2. The molecule has 1 unspecified atom stereocenters. The number of aromatic carboxylic acids is 1. The van der Waals surface area contributed by atoms with E-state index in [1.807, 2.05) is 48.5 Å². The van der Waals surface area contributed by atoms with Crippen molar-refractivity contribution in [1.82, 2.24) is 20.3 Å². The first-order valence-electron chi connectivity index (χ1n) is 13.8. The number of carboxylic acids is 1. The molecule has 2 aromatic carbocycles. The van der Waals surface area contributed by atoms with Gasteiger partial charge in [-0.2, -0.15) is 13.2 Å². The van der Waals surface area contributed by atoms with Gasteiger partial charge in [-0.25, -0.2) is 14.8 Å². The number of hydrogen-bond donors (Lipinski definition) is 5. The molecule has 1 fully saturated rings. The summed E-state index contributed by atoms with van der Waals surface area (Å²) in [4.78, 5) is 25.2. The summed E-state index contributed by atoms with van der Waals surface area (Å²) < 4.78 is 41.8. The number of nitrogens with one attached hydrogen (secondary N) is 2. The molecule has 5 aromatic rings. The minimum absolute atomic E-state index is 0.0514. The molecular weight excluding hydrogens is 581 g/mol. The lowest BCUT2D eigenvalue weighted by Gasteiger charge is -2.34. The molecule has 0 aliphatic carbocycles. The molecule has 13 heteroatoms. The number of imidazole rings is 1. The summed E-state index contributed by atoms with van der Waals surface area (Å²) in [6.45, 7) is 1.21. The van der Waals surface area contributed by atoms with Crippen molar-refractivity contribution in [2.24, 2.45) is 0 Å². The Bertz CT molecular complexity index is 1780. The van der Waals surface area contributed by atoms with Gasteiger partial charge in [-0.3, -0.25) is 0 Å². The molecule has 0 saturated carbocycles. The summed E-state index contributed by atoms with van der Waals surface area (Å²) >= 11 is 0.644. The topological polar surface area (TPSA) is 140 Å². The largest absolute Gasteiger partial charge is 0.477 e. The van der Waals surface area contributed by atoms with Crippen LogP contribution in [0.4, 0.5) is 24.7 Å². The Morgan fingerprint density at radius 3 is 2.58 bits per heavy atom. The number of benzene rings is 2.